The van der Waals surface area contributed by atoms with Crippen LogP contribution in [0.1, 0.15) is 12.1 Å². The lowest BCUT2D eigenvalue weighted by Gasteiger charge is -1.97. The fraction of sp³-hybridized carbons (Fsp3) is 0.214. The summed E-state index contributed by atoms with van der Waals surface area (Å²) in [6.45, 7) is 0. The van der Waals surface area contributed by atoms with Crippen molar-refractivity contribution in [2.45, 2.75) is 12.8 Å². The van der Waals surface area contributed by atoms with Crippen molar-refractivity contribution in [2.75, 3.05) is 7.11 Å². The molecule has 0 N–H and O–H groups in total. The van der Waals surface area contributed by atoms with Crippen LogP contribution in [0.3, 0.4) is 0 Å². The lowest BCUT2D eigenvalue weighted by atomic mass is 10.2. The molecule has 0 aliphatic heterocycles. The molecular weight excluding hydrogens is 274 g/mol. The third-order valence-electron chi connectivity index (χ3n) is 3.00. The van der Waals surface area contributed by atoms with Gasteiger partial charge in [0.25, 0.3) is 0 Å². The number of ether oxygens (including phenoxy) is 1. The van der Waals surface area contributed by atoms with E-state index < -0.39 is 0 Å². The summed E-state index contributed by atoms with van der Waals surface area (Å²) in [5.74, 6) is -0.214. The van der Waals surface area contributed by atoms with Crippen molar-refractivity contribution in [2.24, 2.45) is 0 Å². The number of aryl methyl sites for hydroxylation is 1. The van der Waals surface area contributed by atoms with Gasteiger partial charge < -0.3 is 4.74 Å². The van der Waals surface area contributed by atoms with E-state index >= 15 is 0 Å². The van der Waals surface area contributed by atoms with Gasteiger partial charge in [-0.05, 0) is 12.1 Å². The molecule has 20 heavy (non-hydrogen) atoms. The minimum absolute atomic E-state index is 0.214. The molecule has 0 saturated heterocycles. The van der Waals surface area contributed by atoms with Crippen molar-refractivity contribution in [3.63, 3.8) is 0 Å². The number of methoxy groups -OCH3 is 1. The first-order chi connectivity index (χ1) is 9.78. The zero-order valence-electron chi connectivity index (χ0n) is 10.9. The summed E-state index contributed by atoms with van der Waals surface area (Å²) < 4.78 is 6.63. The van der Waals surface area contributed by atoms with Gasteiger partial charge in [-0.15, -0.1) is 11.3 Å². The average molecular weight is 287 g/mol. The Morgan fingerprint density at radius 3 is 3.20 bits per heavy atom. The van der Waals surface area contributed by atoms with Gasteiger partial charge >= 0.3 is 5.97 Å². The van der Waals surface area contributed by atoms with Gasteiger partial charge in [-0.2, -0.15) is 0 Å². The van der Waals surface area contributed by atoms with E-state index in [0.29, 0.717) is 12.8 Å². The molecule has 0 saturated carbocycles. The maximum Gasteiger partial charge on any atom is 0.305 e. The molecule has 0 spiro atoms. The Balaban J connectivity index is 1.84. The summed E-state index contributed by atoms with van der Waals surface area (Å²) in [5, 5.41) is 2.88. The molecule has 0 bridgehead atoms. The van der Waals surface area contributed by atoms with Crippen LogP contribution in [0.2, 0.25) is 0 Å². The fourth-order valence-corrected chi connectivity index (χ4v) is 2.82. The van der Waals surface area contributed by atoms with Crippen LogP contribution in [0.15, 0.2) is 36.0 Å². The molecule has 3 rings (SSSR count). The molecule has 0 amide bonds. The summed E-state index contributed by atoms with van der Waals surface area (Å²) in [4.78, 5) is 20.0. The molecule has 0 aromatic carbocycles. The van der Waals surface area contributed by atoms with Gasteiger partial charge in [-0.25, -0.2) is 9.97 Å². The maximum atomic E-state index is 11.1. The second-order valence-corrected chi connectivity index (χ2v) is 5.15. The van der Waals surface area contributed by atoms with Gasteiger partial charge in [0, 0.05) is 18.0 Å². The van der Waals surface area contributed by atoms with E-state index in [1.54, 1.807) is 11.3 Å². The van der Waals surface area contributed by atoms with Gasteiger partial charge in [0.15, 0.2) is 0 Å². The van der Waals surface area contributed by atoms with E-state index in [2.05, 4.69) is 14.7 Å². The van der Waals surface area contributed by atoms with Crippen LogP contribution >= 0.6 is 11.3 Å². The first-order valence-electron chi connectivity index (χ1n) is 6.21. The number of pyridine rings is 1. The summed E-state index contributed by atoms with van der Waals surface area (Å²) >= 11 is 1.56. The van der Waals surface area contributed by atoms with E-state index in [1.807, 2.05) is 40.4 Å². The van der Waals surface area contributed by atoms with Gasteiger partial charge in [0.05, 0.1) is 25.4 Å². The van der Waals surface area contributed by atoms with Gasteiger partial charge in [-0.3, -0.25) is 9.20 Å². The van der Waals surface area contributed by atoms with Gasteiger partial charge in [0.1, 0.15) is 16.3 Å². The van der Waals surface area contributed by atoms with Crippen LogP contribution in [-0.4, -0.2) is 27.4 Å². The van der Waals surface area contributed by atoms with Crippen molar-refractivity contribution in [1.82, 2.24) is 14.4 Å². The number of aromatic nitrogens is 3. The van der Waals surface area contributed by atoms with Crippen LogP contribution in [0.4, 0.5) is 0 Å². The molecule has 102 valence electrons. The van der Waals surface area contributed by atoms with Crippen molar-refractivity contribution >= 4 is 23.0 Å². The molecule has 6 heteroatoms. The first-order valence-corrected chi connectivity index (χ1v) is 7.09. The maximum absolute atomic E-state index is 11.1. The number of carbonyl (C=O) groups is 1. The summed E-state index contributed by atoms with van der Waals surface area (Å²) in [5.41, 5.74) is 2.77. The Kier molecular flexibility index (Phi) is 3.47. The molecule has 5 nitrogen and oxygen atoms in total. The normalized spacial score (nSPS) is 10.8. The second kappa shape index (κ2) is 5.42. The topological polar surface area (TPSA) is 56.5 Å². The minimum atomic E-state index is -0.214. The van der Waals surface area contributed by atoms with E-state index in [4.69, 9.17) is 0 Å². The lowest BCUT2D eigenvalue weighted by Crippen LogP contribution is -2.01. The van der Waals surface area contributed by atoms with Gasteiger partial charge in [0.2, 0.25) is 0 Å². The third-order valence-corrected chi connectivity index (χ3v) is 3.91. The number of carbonyl (C=O) groups excluding carboxylic acids is 1. The Hall–Kier alpha value is -2.21. The number of nitrogens with zero attached hydrogens (tertiary/aromatic N) is 3. The van der Waals surface area contributed by atoms with Crippen LogP contribution in [0, 0.1) is 0 Å². The lowest BCUT2D eigenvalue weighted by molar-refractivity contribution is -0.140. The molecule has 0 atom stereocenters. The number of thiazole rings is 1. The van der Waals surface area contributed by atoms with Crippen molar-refractivity contribution < 1.29 is 9.53 Å². The Morgan fingerprint density at radius 2 is 2.35 bits per heavy atom. The summed E-state index contributed by atoms with van der Waals surface area (Å²) in [7, 11) is 1.40. The Morgan fingerprint density at radius 1 is 1.45 bits per heavy atom. The highest BCUT2D eigenvalue weighted by atomic mass is 32.1. The van der Waals surface area contributed by atoms with Crippen molar-refractivity contribution in [3.05, 3.63) is 41.7 Å². The molecule has 0 radical (unpaired) electrons. The highest BCUT2D eigenvalue weighted by Gasteiger charge is 2.11. The average Bonchev–Trinajstić information content (AvgIpc) is 3.10. The number of fused-ring (bicyclic) bond motifs is 1. The first kappa shape index (κ1) is 12.8. The number of imidazole rings is 1. The molecule has 0 fully saturated rings. The molecule has 3 heterocycles. The monoisotopic (exact) mass is 287 g/mol. The zero-order chi connectivity index (χ0) is 13.9. The highest BCUT2D eigenvalue weighted by molar-refractivity contribution is 7.13. The zero-order valence-corrected chi connectivity index (χ0v) is 11.8. The van der Waals surface area contributed by atoms with Gasteiger partial charge in [-0.1, -0.05) is 6.07 Å². The SMILES string of the molecule is COC(=O)CCc1csc(-c2cnc3ccccn23)n1. The Labute approximate surface area is 119 Å². The van der Waals surface area contributed by atoms with E-state index in [0.717, 1.165) is 22.0 Å². The molecule has 0 unspecified atom stereocenters. The van der Waals surface area contributed by atoms with Crippen molar-refractivity contribution in [1.29, 1.82) is 0 Å². The number of hydrogen-bond acceptors (Lipinski definition) is 5. The summed E-state index contributed by atoms with van der Waals surface area (Å²) in [6, 6.07) is 5.87. The van der Waals surface area contributed by atoms with E-state index in [1.165, 1.54) is 7.11 Å². The smallest absolute Gasteiger partial charge is 0.305 e. The van der Waals surface area contributed by atoms with Crippen LogP contribution in [0.5, 0.6) is 0 Å². The van der Waals surface area contributed by atoms with E-state index in [-0.39, 0.29) is 5.97 Å². The number of rotatable bonds is 4. The fourth-order valence-electron chi connectivity index (χ4n) is 1.96. The largest absolute Gasteiger partial charge is 0.469 e. The number of esters is 1. The molecule has 3 aromatic heterocycles. The van der Waals surface area contributed by atoms with Crippen LogP contribution in [-0.2, 0) is 16.0 Å². The summed E-state index contributed by atoms with van der Waals surface area (Å²) in [6.07, 6.45) is 4.73. The number of hydrogen-bond donors (Lipinski definition) is 0. The van der Waals surface area contributed by atoms with Crippen LogP contribution < -0.4 is 0 Å². The predicted octanol–water partition coefficient (Wildman–Crippen LogP) is 2.56. The Bertz CT molecular complexity index is 748. The third kappa shape index (κ3) is 2.42. The molecule has 0 aliphatic carbocycles. The quantitative estimate of drug-likeness (QED) is 0.692. The van der Waals surface area contributed by atoms with Crippen LogP contribution in [0.25, 0.3) is 16.3 Å². The molecule has 0 aliphatic rings. The second-order valence-electron chi connectivity index (χ2n) is 4.29. The molecular formula is C14H13N3O2S. The highest BCUT2D eigenvalue weighted by Crippen LogP contribution is 2.25. The van der Waals surface area contributed by atoms with E-state index in [9.17, 15) is 4.79 Å². The molecule has 3 aromatic rings. The minimum Gasteiger partial charge on any atom is -0.469 e. The predicted molar refractivity (Wildman–Crippen MR) is 76.6 cm³/mol. The standard InChI is InChI=1S/C14H13N3O2S/c1-19-13(18)6-5-10-9-20-14(16-10)11-8-15-12-4-2-3-7-17(11)12/h2-4,7-9H,5-6H2,1H3. The van der Waals surface area contributed by atoms with Crippen molar-refractivity contribution in [3.8, 4) is 10.7 Å².